The Bertz CT molecular complexity index is 220. The Balaban J connectivity index is 2.04. The molecule has 0 unspecified atom stereocenters. The van der Waals surface area contributed by atoms with E-state index < -0.39 is 0 Å². The minimum Gasteiger partial charge on any atom is -0.315 e. The molecule has 0 atom stereocenters. The number of hydrogen-bond acceptors (Lipinski definition) is 3. The van der Waals surface area contributed by atoms with Crippen molar-refractivity contribution in [1.29, 1.82) is 0 Å². The van der Waals surface area contributed by atoms with Crippen LogP contribution in [0.15, 0.2) is 12.7 Å². The lowest BCUT2D eigenvalue weighted by atomic mass is 10.1. The minimum atomic E-state index is 0.408. The van der Waals surface area contributed by atoms with Gasteiger partial charge in [-0.05, 0) is 38.8 Å². The molecular formula is C14H26N2O. The predicted molar refractivity (Wildman–Crippen MR) is 72.2 cm³/mol. The Morgan fingerprint density at radius 2 is 2.12 bits per heavy atom. The molecule has 0 aromatic carbocycles. The van der Waals surface area contributed by atoms with Crippen molar-refractivity contribution in [2.24, 2.45) is 0 Å². The van der Waals surface area contributed by atoms with Crippen molar-refractivity contribution in [3.05, 3.63) is 12.7 Å². The SMILES string of the molecule is C=CCCCCCC(=O)CN1CCCNCC1. The molecule has 0 saturated carbocycles. The average Bonchev–Trinajstić information content (AvgIpc) is 2.57. The zero-order valence-corrected chi connectivity index (χ0v) is 10.9. The molecule has 0 amide bonds. The van der Waals surface area contributed by atoms with Crippen LogP contribution in [0.2, 0.25) is 0 Å². The molecule has 0 aromatic heterocycles. The van der Waals surface area contributed by atoms with E-state index >= 15 is 0 Å². The fourth-order valence-electron chi connectivity index (χ4n) is 2.18. The third-order valence-electron chi connectivity index (χ3n) is 3.20. The quantitative estimate of drug-likeness (QED) is 0.518. The highest BCUT2D eigenvalue weighted by Gasteiger charge is 2.12. The van der Waals surface area contributed by atoms with Crippen LogP contribution in [0.25, 0.3) is 0 Å². The Hall–Kier alpha value is -0.670. The summed E-state index contributed by atoms with van der Waals surface area (Å²) in [5.41, 5.74) is 0. The largest absolute Gasteiger partial charge is 0.315 e. The zero-order chi connectivity index (χ0) is 12.3. The van der Waals surface area contributed by atoms with Gasteiger partial charge in [0, 0.05) is 19.5 Å². The van der Waals surface area contributed by atoms with E-state index in [1.807, 2.05) is 6.08 Å². The van der Waals surface area contributed by atoms with E-state index in [-0.39, 0.29) is 0 Å². The van der Waals surface area contributed by atoms with Gasteiger partial charge in [-0.3, -0.25) is 9.69 Å². The normalized spacial score (nSPS) is 17.6. The summed E-state index contributed by atoms with van der Waals surface area (Å²) in [7, 11) is 0. The molecule has 0 aliphatic carbocycles. The van der Waals surface area contributed by atoms with Crippen molar-refractivity contribution in [2.75, 3.05) is 32.7 Å². The summed E-state index contributed by atoms with van der Waals surface area (Å²) in [6.45, 7) is 8.55. The van der Waals surface area contributed by atoms with Gasteiger partial charge in [0.2, 0.25) is 0 Å². The number of nitrogens with one attached hydrogen (secondary N) is 1. The van der Waals surface area contributed by atoms with E-state index in [0.29, 0.717) is 12.3 Å². The number of ketones is 1. The maximum absolute atomic E-state index is 11.8. The Morgan fingerprint density at radius 1 is 1.24 bits per heavy atom. The molecule has 1 aliphatic heterocycles. The first-order chi connectivity index (χ1) is 8.33. The van der Waals surface area contributed by atoms with Gasteiger partial charge in [-0.1, -0.05) is 12.5 Å². The van der Waals surface area contributed by atoms with E-state index in [1.165, 1.54) is 6.42 Å². The lowest BCUT2D eigenvalue weighted by molar-refractivity contribution is -0.120. The number of carbonyl (C=O) groups excluding carboxylic acids is 1. The summed E-state index contributed by atoms with van der Waals surface area (Å²) in [5.74, 6) is 0.408. The Kier molecular flexibility index (Phi) is 7.93. The zero-order valence-electron chi connectivity index (χ0n) is 10.9. The molecule has 1 N–H and O–H groups in total. The molecule has 1 heterocycles. The lowest BCUT2D eigenvalue weighted by Crippen LogP contribution is -2.33. The van der Waals surface area contributed by atoms with E-state index in [9.17, 15) is 4.79 Å². The van der Waals surface area contributed by atoms with Gasteiger partial charge in [-0.25, -0.2) is 0 Å². The van der Waals surface area contributed by atoms with E-state index in [4.69, 9.17) is 0 Å². The molecule has 98 valence electrons. The molecule has 1 fully saturated rings. The highest BCUT2D eigenvalue weighted by Crippen LogP contribution is 2.05. The molecular weight excluding hydrogens is 212 g/mol. The molecule has 1 rings (SSSR count). The van der Waals surface area contributed by atoms with Crippen LogP contribution in [-0.2, 0) is 4.79 Å². The first-order valence-corrected chi connectivity index (χ1v) is 6.88. The Morgan fingerprint density at radius 3 is 2.94 bits per heavy atom. The third kappa shape index (κ3) is 7.29. The molecule has 1 saturated heterocycles. The van der Waals surface area contributed by atoms with Gasteiger partial charge in [0.1, 0.15) is 5.78 Å². The van der Waals surface area contributed by atoms with Crippen LogP contribution < -0.4 is 5.32 Å². The predicted octanol–water partition coefficient (Wildman–Crippen LogP) is 1.99. The van der Waals surface area contributed by atoms with Gasteiger partial charge in [-0.15, -0.1) is 6.58 Å². The van der Waals surface area contributed by atoms with Crippen molar-refractivity contribution >= 4 is 5.78 Å². The van der Waals surface area contributed by atoms with E-state index in [0.717, 1.165) is 58.3 Å². The summed E-state index contributed by atoms with van der Waals surface area (Å²) >= 11 is 0. The first-order valence-electron chi connectivity index (χ1n) is 6.88. The molecule has 1 aliphatic rings. The molecule has 0 aromatic rings. The number of allylic oxidation sites excluding steroid dienone is 1. The second-order valence-corrected chi connectivity index (χ2v) is 4.81. The van der Waals surface area contributed by atoms with Crippen molar-refractivity contribution in [3.8, 4) is 0 Å². The second kappa shape index (κ2) is 9.37. The maximum atomic E-state index is 11.8. The molecule has 3 heteroatoms. The average molecular weight is 238 g/mol. The van der Waals surface area contributed by atoms with Crippen LogP contribution in [-0.4, -0.2) is 43.4 Å². The summed E-state index contributed by atoms with van der Waals surface area (Å²) in [6, 6.07) is 0. The maximum Gasteiger partial charge on any atom is 0.146 e. The molecule has 0 bridgehead atoms. The van der Waals surface area contributed by atoms with Gasteiger partial charge < -0.3 is 5.32 Å². The van der Waals surface area contributed by atoms with Crippen molar-refractivity contribution in [3.63, 3.8) is 0 Å². The second-order valence-electron chi connectivity index (χ2n) is 4.81. The van der Waals surface area contributed by atoms with Crippen LogP contribution in [0.1, 0.15) is 38.5 Å². The fourth-order valence-corrected chi connectivity index (χ4v) is 2.18. The van der Waals surface area contributed by atoms with Gasteiger partial charge in [-0.2, -0.15) is 0 Å². The van der Waals surface area contributed by atoms with Crippen LogP contribution >= 0.6 is 0 Å². The van der Waals surface area contributed by atoms with Gasteiger partial charge in [0.25, 0.3) is 0 Å². The number of nitrogens with zero attached hydrogens (tertiary/aromatic N) is 1. The van der Waals surface area contributed by atoms with Crippen LogP contribution in [0.5, 0.6) is 0 Å². The molecule has 3 nitrogen and oxygen atoms in total. The van der Waals surface area contributed by atoms with Crippen LogP contribution in [0, 0.1) is 0 Å². The van der Waals surface area contributed by atoms with Crippen LogP contribution in [0.4, 0.5) is 0 Å². The highest BCUT2D eigenvalue weighted by atomic mass is 16.1. The monoisotopic (exact) mass is 238 g/mol. The van der Waals surface area contributed by atoms with Gasteiger partial charge >= 0.3 is 0 Å². The number of carbonyl (C=O) groups is 1. The minimum absolute atomic E-state index is 0.408. The summed E-state index contributed by atoms with van der Waals surface area (Å²) in [6.07, 6.45) is 8.30. The van der Waals surface area contributed by atoms with Crippen molar-refractivity contribution in [2.45, 2.75) is 38.5 Å². The standard InChI is InChI=1S/C14H26N2O/c1-2-3-4-5-6-8-14(17)13-16-11-7-9-15-10-12-16/h2,15H,1,3-13H2. The molecule has 17 heavy (non-hydrogen) atoms. The topological polar surface area (TPSA) is 32.3 Å². The van der Waals surface area contributed by atoms with Gasteiger partial charge in [0.15, 0.2) is 0 Å². The van der Waals surface area contributed by atoms with E-state index in [2.05, 4.69) is 16.8 Å². The first kappa shape index (κ1) is 14.4. The fraction of sp³-hybridized carbons (Fsp3) is 0.786. The van der Waals surface area contributed by atoms with E-state index in [1.54, 1.807) is 0 Å². The third-order valence-corrected chi connectivity index (χ3v) is 3.20. The van der Waals surface area contributed by atoms with Crippen molar-refractivity contribution < 1.29 is 4.79 Å². The smallest absolute Gasteiger partial charge is 0.146 e. The van der Waals surface area contributed by atoms with Gasteiger partial charge in [0.05, 0.1) is 6.54 Å². The number of hydrogen-bond donors (Lipinski definition) is 1. The number of Topliss-reactive ketones (excluding diaryl/α,β-unsaturated/α-hetero) is 1. The summed E-state index contributed by atoms with van der Waals surface area (Å²) < 4.78 is 0. The number of rotatable bonds is 8. The lowest BCUT2D eigenvalue weighted by Gasteiger charge is -2.18. The molecule has 0 radical (unpaired) electrons. The number of unbranched alkanes of at least 4 members (excludes halogenated alkanes) is 3. The highest BCUT2D eigenvalue weighted by molar-refractivity contribution is 5.80. The summed E-state index contributed by atoms with van der Waals surface area (Å²) in [5, 5.41) is 3.35. The summed E-state index contributed by atoms with van der Waals surface area (Å²) in [4.78, 5) is 14.1. The molecule has 0 spiro atoms. The Labute approximate surface area is 105 Å². The van der Waals surface area contributed by atoms with Crippen molar-refractivity contribution in [1.82, 2.24) is 10.2 Å². The van der Waals surface area contributed by atoms with Crippen LogP contribution in [0.3, 0.4) is 0 Å².